The number of hydrogen-bond donors (Lipinski definition) is 2. The number of carbonyl (C=O) groups excluding carboxylic acids is 1. The summed E-state index contributed by atoms with van der Waals surface area (Å²) < 4.78 is 12.6. The van der Waals surface area contributed by atoms with Crippen molar-refractivity contribution in [3.63, 3.8) is 0 Å². The summed E-state index contributed by atoms with van der Waals surface area (Å²) in [7, 11) is 0. The average Bonchev–Trinajstić information content (AvgIpc) is 3.32. The van der Waals surface area contributed by atoms with Gasteiger partial charge in [-0.15, -0.1) is 0 Å². The zero-order valence-electron chi connectivity index (χ0n) is 15.6. The van der Waals surface area contributed by atoms with E-state index in [9.17, 15) is 4.79 Å². The van der Waals surface area contributed by atoms with E-state index in [-0.39, 0.29) is 17.9 Å². The molecule has 7 heteroatoms. The Morgan fingerprint density at radius 1 is 1.22 bits per heavy atom. The van der Waals surface area contributed by atoms with Gasteiger partial charge in [-0.05, 0) is 43.4 Å². The SMILES string of the molecule is O=C(NC[C@H]1CCN(c2cccc(Br)c2)C1)NC1CCC2(CC1)OCCO2. The van der Waals surface area contributed by atoms with E-state index in [1.54, 1.807) is 0 Å². The summed E-state index contributed by atoms with van der Waals surface area (Å²) in [6.45, 7) is 4.12. The minimum atomic E-state index is -0.367. The minimum Gasteiger partial charge on any atom is -0.371 e. The number of ether oxygens (including phenoxy) is 2. The number of nitrogens with one attached hydrogen (secondary N) is 2. The molecule has 0 bridgehead atoms. The summed E-state index contributed by atoms with van der Waals surface area (Å²) in [5.74, 6) is 0.124. The van der Waals surface area contributed by atoms with Crippen molar-refractivity contribution < 1.29 is 14.3 Å². The molecule has 27 heavy (non-hydrogen) atoms. The summed E-state index contributed by atoms with van der Waals surface area (Å²) in [6.07, 6.45) is 4.65. The standard InChI is InChI=1S/C20H28BrN3O3/c21-16-2-1-3-18(12-16)24-9-6-15(14-24)13-22-19(25)23-17-4-7-20(8-5-17)26-10-11-27-20/h1-3,12,15,17H,4-11,13-14H2,(H2,22,23,25)/t15-/m1/s1. The van der Waals surface area contributed by atoms with Crippen molar-refractivity contribution in [2.75, 3.05) is 37.7 Å². The average molecular weight is 438 g/mol. The number of amides is 2. The molecule has 2 heterocycles. The van der Waals surface area contributed by atoms with Gasteiger partial charge in [-0.2, -0.15) is 0 Å². The topological polar surface area (TPSA) is 62.8 Å². The van der Waals surface area contributed by atoms with Crippen molar-refractivity contribution in [3.05, 3.63) is 28.7 Å². The Bertz CT molecular complexity index is 656. The molecule has 2 N–H and O–H groups in total. The van der Waals surface area contributed by atoms with Gasteiger partial charge in [0.05, 0.1) is 13.2 Å². The van der Waals surface area contributed by atoms with Gasteiger partial charge in [0.15, 0.2) is 5.79 Å². The number of nitrogens with zero attached hydrogens (tertiary/aromatic N) is 1. The molecule has 1 atom stereocenters. The molecule has 1 aliphatic carbocycles. The van der Waals surface area contributed by atoms with Gasteiger partial charge in [0.2, 0.25) is 0 Å². The first kappa shape index (κ1) is 19.0. The van der Waals surface area contributed by atoms with Crippen LogP contribution in [0.3, 0.4) is 0 Å². The van der Waals surface area contributed by atoms with E-state index < -0.39 is 0 Å². The first-order chi connectivity index (χ1) is 13.1. The van der Waals surface area contributed by atoms with Crippen LogP contribution >= 0.6 is 15.9 Å². The van der Waals surface area contributed by atoms with E-state index in [4.69, 9.17) is 9.47 Å². The molecule has 1 aromatic carbocycles. The number of hydrogen-bond acceptors (Lipinski definition) is 4. The summed E-state index contributed by atoms with van der Waals surface area (Å²) in [5, 5.41) is 6.19. The predicted octanol–water partition coefficient (Wildman–Crippen LogP) is 3.26. The largest absolute Gasteiger partial charge is 0.371 e. The summed E-state index contributed by atoms with van der Waals surface area (Å²) in [5.41, 5.74) is 1.24. The molecule has 1 aromatic rings. The summed E-state index contributed by atoms with van der Waals surface area (Å²) in [4.78, 5) is 14.7. The molecule has 4 rings (SSSR count). The van der Waals surface area contributed by atoms with Gasteiger partial charge in [0, 0.05) is 48.7 Å². The van der Waals surface area contributed by atoms with Crippen molar-refractivity contribution in [2.45, 2.75) is 43.9 Å². The zero-order chi connectivity index (χ0) is 18.7. The Labute approximate surface area is 169 Å². The molecule has 6 nitrogen and oxygen atoms in total. The summed E-state index contributed by atoms with van der Waals surface area (Å²) >= 11 is 3.53. The molecule has 0 unspecified atom stereocenters. The van der Waals surface area contributed by atoms with Gasteiger partial charge in [-0.25, -0.2) is 4.79 Å². The van der Waals surface area contributed by atoms with Crippen LogP contribution in [0.4, 0.5) is 10.5 Å². The van der Waals surface area contributed by atoms with Crippen LogP contribution < -0.4 is 15.5 Å². The van der Waals surface area contributed by atoms with Crippen LogP contribution in [0.25, 0.3) is 0 Å². The van der Waals surface area contributed by atoms with Crippen LogP contribution in [-0.4, -0.2) is 50.7 Å². The second-order valence-corrected chi connectivity index (χ2v) is 8.73. The fraction of sp³-hybridized carbons (Fsp3) is 0.650. The highest BCUT2D eigenvalue weighted by atomic mass is 79.9. The fourth-order valence-corrected chi connectivity index (χ4v) is 4.75. The normalized spacial score (nSPS) is 25.1. The van der Waals surface area contributed by atoms with Crippen LogP contribution in [0.2, 0.25) is 0 Å². The lowest BCUT2D eigenvalue weighted by Gasteiger charge is -2.35. The quantitative estimate of drug-likeness (QED) is 0.758. The zero-order valence-corrected chi connectivity index (χ0v) is 17.2. The van der Waals surface area contributed by atoms with Gasteiger partial charge >= 0.3 is 6.03 Å². The van der Waals surface area contributed by atoms with E-state index in [1.807, 2.05) is 6.07 Å². The second-order valence-electron chi connectivity index (χ2n) is 7.82. The van der Waals surface area contributed by atoms with E-state index in [1.165, 1.54) is 5.69 Å². The van der Waals surface area contributed by atoms with Gasteiger partial charge in [0.25, 0.3) is 0 Å². The third-order valence-electron chi connectivity index (χ3n) is 5.91. The first-order valence-electron chi connectivity index (χ1n) is 9.95. The molecule has 0 aromatic heterocycles. The summed E-state index contributed by atoms with van der Waals surface area (Å²) in [6, 6.07) is 8.56. The lowest BCUT2D eigenvalue weighted by atomic mass is 9.90. The monoisotopic (exact) mass is 437 g/mol. The molecule has 2 saturated heterocycles. The third-order valence-corrected chi connectivity index (χ3v) is 6.40. The second kappa shape index (κ2) is 8.37. The number of carbonyl (C=O) groups is 1. The van der Waals surface area contributed by atoms with E-state index in [0.29, 0.717) is 19.1 Å². The molecule has 1 saturated carbocycles. The van der Waals surface area contributed by atoms with Crippen LogP contribution in [0.15, 0.2) is 28.7 Å². The van der Waals surface area contributed by atoms with Crippen LogP contribution in [0.5, 0.6) is 0 Å². The molecule has 2 amide bonds. The van der Waals surface area contributed by atoms with E-state index in [0.717, 1.165) is 56.2 Å². The Balaban J connectivity index is 1.17. The number of halogens is 1. The molecule has 1 spiro atoms. The van der Waals surface area contributed by atoms with Gasteiger partial charge in [-0.1, -0.05) is 22.0 Å². The van der Waals surface area contributed by atoms with Gasteiger partial charge in [0.1, 0.15) is 0 Å². The van der Waals surface area contributed by atoms with Crippen LogP contribution in [-0.2, 0) is 9.47 Å². The maximum absolute atomic E-state index is 12.3. The maximum atomic E-state index is 12.3. The smallest absolute Gasteiger partial charge is 0.315 e. The lowest BCUT2D eigenvalue weighted by Crippen LogP contribution is -2.48. The molecule has 0 radical (unpaired) electrons. The van der Waals surface area contributed by atoms with Gasteiger partial charge in [-0.3, -0.25) is 0 Å². The fourth-order valence-electron chi connectivity index (χ4n) is 4.37. The molecular weight excluding hydrogens is 410 g/mol. The maximum Gasteiger partial charge on any atom is 0.315 e. The van der Waals surface area contributed by atoms with E-state index >= 15 is 0 Å². The number of benzene rings is 1. The highest BCUT2D eigenvalue weighted by Gasteiger charge is 2.40. The first-order valence-corrected chi connectivity index (χ1v) is 10.7. The Morgan fingerprint density at radius 2 is 2.00 bits per heavy atom. The lowest BCUT2D eigenvalue weighted by molar-refractivity contribution is -0.179. The molecular formula is C20H28BrN3O3. The van der Waals surface area contributed by atoms with Gasteiger partial charge < -0.3 is 25.0 Å². The van der Waals surface area contributed by atoms with Crippen molar-refractivity contribution >= 4 is 27.6 Å². The Morgan fingerprint density at radius 3 is 2.74 bits per heavy atom. The van der Waals surface area contributed by atoms with Crippen LogP contribution in [0, 0.1) is 5.92 Å². The minimum absolute atomic E-state index is 0.0508. The number of anilines is 1. The highest BCUT2D eigenvalue weighted by molar-refractivity contribution is 9.10. The van der Waals surface area contributed by atoms with Crippen molar-refractivity contribution in [2.24, 2.45) is 5.92 Å². The van der Waals surface area contributed by atoms with Crippen molar-refractivity contribution in [1.29, 1.82) is 0 Å². The highest BCUT2D eigenvalue weighted by Crippen LogP contribution is 2.35. The Kier molecular flexibility index (Phi) is 5.90. The number of urea groups is 1. The molecule has 3 aliphatic rings. The molecule has 2 aliphatic heterocycles. The van der Waals surface area contributed by atoms with Crippen LogP contribution in [0.1, 0.15) is 32.1 Å². The molecule has 3 fully saturated rings. The molecule has 148 valence electrons. The predicted molar refractivity (Wildman–Crippen MR) is 108 cm³/mol. The number of rotatable bonds is 4. The third kappa shape index (κ3) is 4.76. The van der Waals surface area contributed by atoms with Crippen molar-refractivity contribution in [3.8, 4) is 0 Å². The Hall–Kier alpha value is -1.31. The van der Waals surface area contributed by atoms with Crippen molar-refractivity contribution in [1.82, 2.24) is 10.6 Å². The van der Waals surface area contributed by atoms with E-state index in [2.05, 4.69) is 49.7 Å².